The normalized spacial score (nSPS) is 24.8. The van der Waals surface area contributed by atoms with Crippen LogP contribution in [0.2, 0.25) is 0 Å². The summed E-state index contributed by atoms with van der Waals surface area (Å²) >= 11 is 0. The van der Waals surface area contributed by atoms with Crippen molar-refractivity contribution in [1.82, 2.24) is 4.90 Å². The zero-order valence-electron chi connectivity index (χ0n) is 11.7. The quantitative estimate of drug-likeness (QED) is 0.899. The number of aryl methyl sites for hydroxylation is 1. The third kappa shape index (κ3) is 1.82. The SMILES string of the molecule is C[C@]1(C(=O)O)CCCN1C(=O)c1cccc2c1CCC2. The highest BCUT2D eigenvalue weighted by Crippen LogP contribution is 2.33. The lowest BCUT2D eigenvalue weighted by molar-refractivity contribution is -0.147. The lowest BCUT2D eigenvalue weighted by atomic mass is 9.97. The van der Waals surface area contributed by atoms with Gasteiger partial charge in [0.05, 0.1) is 0 Å². The van der Waals surface area contributed by atoms with Crippen molar-refractivity contribution in [1.29, 1.82) is 0 Å². The first kappa shape index (κ1) is 13.2. The smallest absolute Gasteiger partial charge is 0.329 e. The van der Waals surface area contributed by atoms with E-state index in [9.17, 15) is 14.7 Å². The third-order valence-corrected chi connectivity index (χ3v) is 4.72. The van der Waals surface area contributed by atoms with Gasteiger partial charge in [0.1, 0.15) is 5.54 Å². The van der Waals surface area contributed by atoms with E-state index >= 15 is 0 Å². The maximum Gasteiger partial charge on any atom is 0.329 e. The highest BCUT2D eigenvalue weighted by atomic mass is 16.4. The standard InChI is InChI=1S/C16H19NO3/c1-16(15(19)20)9-4-10-17(16)14(18)13-8-3-6-11-5-2-7-12(11)13/h3,6,8H,2,4-5,7,9-10H2,1H3,(H,19,20)/t16-/m1/s1. The molecule has 1 heterocycles. The minimum absolute atomic E-state index is 0.119. The van der Waals surface area contributed by atoms with Gasteiger partial charge in [0, 0.05) is 12.1 Å². The zero-order valence-corrected chi connectivity index (χ0v) is 11.7. The maximum absolute atomic E-state index is 12.8. The molecule has 20 heavy (non-hydrogen) atoms. The number of rotatable bonds is 2. The Hall–Kier alpha value is -1.84. The Kier molecular flexibility index (Phi) is 3.04. The summed E-state index contributed by atoms with van der Waals surface area (Å²) in [6.07, 6.45) is 4.31. The van der Waals surface area contributed by atoms with Gasteiger partial charge in [-0.25, -0.2) is 4.79 Å². The maximum atomic E-state index is 12.8. The van der Waals surface area contributed by atoms with E-state index in [0.717, 1.165) is 31.2 Å². The fraction of sp³-hybridized carbons (Fsp3) is 0.500. The molecule has 1 amide bonds. The van der Waals surface area contributed by atoms with Crippen LogP contribution in [0.3, 0.4) is 0 Å². The molecule has 1 aliphatic carbocycles. The number of carbonyl (C=O) groups excluding carboxylic acids is 1. The third-order valence-electron chi connectivity index (χ3n) is 4.72. The highest BCUT2D eigenvalue weighted by molar-refractivity contribution is 5.99. The van der Waals surface area contributed by atoms with Gasteiger partial charge in [-0.05, 0) is 56.2 Å². The zero-order chi connectivity index (χ0) is 14.3. The molecule has 4 nitrogen and oxygen atoms in total. The van der Waals surface area contributed by atoms with Crippen molar-refractivity contribution in [3.63, 3.8) is 0 Å². The molecule has 1 atom stereocenters. The summed E-state index contributed by atoms with van der Waals surface area (Å²) in [4.78, 5) is 25.8. The average molecular weight is 273 g/mol. The number of carboxylic acids is 1. The molecule has 0 saturated carbocycles. The van der Waals surface area contributed by atoms with Gasteiger partial charge in [-0.1, -0.05) is 12.1 Å². The summed E-state index contributed by atoms with van der Waals surface area (Å²) < 4.78 is 0. The molecule has 0 spiro atoms. The molecule has 0 bridgehead atoms. The summed E-state index contributed by atoms with van der Waals surface area (Å²) in [7, 11) is 0. The van der Waals surface area contributed by atoms with Crippen LogP contribution in [0.5, 0.6) is 0 Å². The van der Waals surface area contributed by atoms with Crippen molar-refractivity contribution in [3.05, 3.63) is 34.9 Å². The number of hydrogen-bond acceptors (Lipinski definition) is 2. The van der Waals surface area contributed by atoms with Gasteiger partial charge >= 0.3 is 5.97 Å². The second-order valence-corrected chi connectivity index (χ2v) is 5.94. The molecule has 1 N–H and O–H groups in total. The second kappa shape index (κ2) is 4.62. The number of benzene rings is 1. The van der Waals surface area contributed by atoms with Crippen LogP contribution >= 0.6 is 0 Å². The summed E-state index contributed by atoms with van der Waals surface area (Å²) in [5.41, 5.74) is 2.01. The van der Waals surface area contributed by atoms with Crippen LogP contribution in [0.4, 0.5) is 0 Å². The first-order valence-corrected chi connectivity index (χ1v) is 7.20. The fourth-order valence-corrected chi connectivity index (χ4v) is 3.48. The highest BCUT2D eigenvalue weighted by Gasteiger charge is 2.46. The lowest BCUT2D eigenvalue weighted by Gasteiger charge is -2.31. The van der Waals surface area contributed by atoms with E-state index in [0.29, 0.717) is 18.5 Å². The number of likely N-dealkylation sites (tertiary alicyclic amines) is 1. The number of fused-ring (bicyclic) bond motifs is 1. The molecule has 2 aliphatic rings. The minimum Gasteiger partial charge on any atom is -0.480 e. The number of carboxylic acid groups (broad SMARTS) is 1. The molecule has 1 aliphatic heterocycles. The van der Waals surface area contributed by atoms with Crippen molar-refractivity contribution in [2.24, 2.45) is 0 Å². The van der Waals surface area contributed by atoms with Crippen molar-refractivity contribution in [2.75, 3.05) is 6.54 Å². The van der Waals surface area contributed by atoms with E-state index in [1.807, 2.05) is 12.1 Å². The van der Waals surface area contributed by atoms with E-state index in [2.05, 4.69) is 6.07 Å². The van der Waals surface area contributed by atoms with E-state index in [1.54, 1.807) is 11.8 Å². The Labute approximate surface area is 118 Å². The molecule has 1 fully saturated rings. The Morgan fingerprint density at radius 3 is 2.80 bits per heavy atom. The molecule has 1 aromatic rings. The lowest BCUT2D eigenvalue weighted by Crippen LogP contribution is -2.50. The predicted molar refractivity (Wildman–Crippen MR) is 74.8 cm³/mol. The van der Waals surface area contributed by atoms with Crippen LogP contribution in [-0.4, -0.2) is 34.0 Å². The Morgan fingerprint density at radius 1 is 1.25 bits per heavy atom. The monoisotopic (exact) mass is 273 g/mol. The van der Waals surface area contributed by atoms with E-state index in [4.69, 9.17) is 0 Å². The summed E-state index contributed by atoms with van der Waals surface area (Å²) in [6, 6.07) is 5.82. The van der Waals surface area contributed by atoms with Crippen LogP contribution in [-0.2, 0) is 17.6 Å². The van der Waals surface area contributed by atoms with Crippen molar-refractivity contribution in [3.8, 4) is 0 Å². The number of amides is 1. The Balaban J connectivity index is 1.98. The van der Waals surface area contributed by atoms with Gasteiger partial charge < -0.3 is 10.0 Å². The van der Waals surface area contributed by atoms with Crippen LogP contribution in [0.1, 0.15) is 47.7 Å². The molecule has 1 aromatic carbocycles. The first-order chi connectivity index (χ1) is 9.54. The summed E-state index contributed by atoms with van der Waals surface area (Å²) in [6.45, 7) is 2.19. The fourth-order valence-electron chi connectivity index (χ4n) is 3.48. The number of carbonyl (C=O) groups is 2. The molecule has 0 radical (unpaired) electrons. The first-order valence-electron chi connectivity index (χ1n) is 7.20. The molecule has 1 saturated heterocycles. The van der Waals surface area contributed by atoms with Gasteiger partial charge in [0.2, 0.25) is 0 Å². The van der Waals surface area contributed by atoms with Gasteiger partial charge in [0.25, 0.3) is 5.91 Å². The molecule has 0 unspecified atom stereocenters. The van der Waals surface area contributed by atoms with Crippen LogP contribution in [0.25, 0.3) is 0 Å². The number of aliphatic carboxylic acids is 1. The van der Waals surface area contributed by atoms with Crippen LogP contribution < -0.4 is 0 Å². The van der Waals surface area contributed by atoms with Gasteiger partial charge in [-0.3, -0.25) is 4.79 Å². The summed E-state index contributed by atoms with van der Waals surface area (Å²) in [5.74, 6) is -1.03. The van der Waals surface area contributed by atoms with Gasteiger partial charge in [-0.2, -0.15) is 0 Å². The molecule has 106 valence electrons. The van der Waals surface area contributed by atoms with Crippen molar-refractivity contribution in [2.45, 2.75) is 44.6 Å². The molecule has 0 aromatic heterocycles. The number of hydrogen-bond donors (Lipinski definition) is 1. The largest absolute Gasteiger partial charge is 0.480 e. The predicted octanol–water partition coefficient (Wildman–Crippen LogP) is 2.25. The molecular formula is C16H19NO3. The van der Waals surface area contributed by atoms with E-state index in [1.165, 1.54) is 5.56 Å². The molecule has 4 heteroatoms. The minimum atomic E-state index is -1.06. The molecular weight excluding hydrogens is 254 g/mol. The van der Waals surface area contributed by atoms with Crippen LogP contribution in [0, 0.1) is 0 Å². The van der Waals surface area contributed by atoms with Crippen LogP contribution in [0.15, 0.2) is 18.2 Å². The summed E-state index contributed by atoms with van der Waals surface area (Å²) in [5, 5.41) is 9.44. The average Bonchev–Trinajstić information content (AvgIpc) is 3.04. The van der Waals surface area contributed by atoms with E-state index in [-0.39, 0.29) is 5.91 Å². The van der Waals surface area contributed by atoms with E-state index < -0.39 is 11.5 Å². The number of nitrogens with zero attached hydrogens (tertiary/aromatic N) is 1. The molecule has 3 rings (SSSR count). The van der Waals surface area contributed by atoms with Gasteiger partial charge in [-0.15, -0.1) is 0 Å². The Bertz CT molecular complexity index is 581. The van der Waals surface area contributed by atoms with Crippen molar-refractivity contribution >= 4 is 11.9 Å². The van der Waals surface area contributed by atoms with Gasteiger partial charge in [0.15, 0.2) is 0 Å². The second-order valence-electron chi connectivity index (χ2n) is 5.94. The topological polar surface area (TPSA) is 57.6 Å². The Morgan fingerprint density at radius 2 is 2.05 bits per heavy atom. The van der Waals surface area contributed by atoms with Crippen molar-refractivity contribution < 1.29 is 14.7 Å².